The molecule has 8 aromatic carbocycles. The van der Waals surface area contributed by atoms with E-state index >= 15 is 0 Å². The number of hydrogen-bond acceptors (Lipinski definition) is 10. The van der Waals surface area contributed by atoms with Gasteiger partial charge in [0.2, 0.25) is 25.0 Å². The second kappa shape index (κ2) is 32.2. The normalized spacial score (nSPS) is 14.4. The minimum atomic E-state index is -3.35. The molecule has 87 heavy (non-hydrogen) atoms. The van der Waals surface area contributed by atoms with E-state index in [9.17, 15) is 4.46 Å². The average Bonchev–Trinajstić information content (AvgIpc) is 2.10. The maximum atomic E-state index is 12.0. The molecule has 0 bridgehead atoms. The Bertz CT molecular complexity index is 3150. The molecule has 0 N–H and O–H groups in total. The van der Waals surface area contributed by atoms with Crippen molar-refractivity contribution in [1.29, 1.82) is 0 Å². The molecule has 10 nitrogen and oxygen atoms in total. The van der Waals surface area contributed by atoms with Crippen LogP contribution in [-0.4, -0.2) is 111 Å². The fourth-order valence-electron chi connectivity index (χ4n) is 11.4. The first kappa shape index (κ1) is 69.6. The van der Waals surface area contributed by atoms with Gasteiger partial charge in [0.15, 0.2) is 8.32 Å². The molecule has 0 amide bonds. The molecule has 3 unspecified atom stereocenters. The maximum absolute atomic E-state index is 12.0. The van der Waals surface area contributed by atoms with Gasteiger partial charge in [-0.15, -0.1) is 0 Å². The van der Waals surface area contributed by atoms with Crippen LogP contribution in [0.5, 0.6) is 0 Å². The molecule has 0 aliphatic carbocycles. The van der Waals surface area contributed by atoms with E-state index < -0.39 is 76.4 Å². The lowest BCUT2D eigenvalue weighted by atomic mass is 10.4. The monoisotopic (exact) mass is 1320 g/mol. The van der Waals surface area contributed by atoms with Crippen molar-refractivity contribution in [3.63, 3.8) is 0 Å². The summed E-state index contributed by atoms with van der Waals surface area (Å²) in [5, 5.41) is 9.07. The molecule has 8 aromatic rings. The highest BCUT2D eigenvalue weighted by molar-refractivity contribution is 7.03. The standard InChI is InChI=1S/C56H82O9Si8.C12H10OSi/c1-57-73(58-2,59-3)48-32-46-60-45-31-47-68(8,64-71(11,54-39-25-16-26-40-54)55-41-27-17-28-42-55)63-69(9,65-72(12,56-43-29-18-30-44-56)62-67(6,7)51-33-19-13-20-34-51)50-49-66(4,5)61-70(10,52-35-21-14-22-36-52)53-37-23-15-24-38-53;13-14(11-7-3-1-4-8-11)12-9-5-2-6-10-12/h13-30,33-44H,31-32,45-50H2,1-12H3;1-10H. The maximum Gasteiger partial charge on any atom is 0.500 e. The fourth-order valence-corrected chi connectivity index (χ4v) is 50.9. The molecule has 0 fully saturated rings. The predicted octanol–water partition coefficient (Wildman–Crippen LogP) is 11.2. The first-order valence-corrected chi connectivity index (χ1v) is 51.9. The van der Waals surface area contributed by atoms with Crippen molar-refractivity contribution in [3.8, 4) is 0 Å². The highest BCUT2D eigenvalue weighted by Crippen LogP contribution is 2.35. The summed E-state index contributed by atoms with van der Waals surface area (Å²) in [5.41, 5.74) is 0. The Kier molecular flexibility index (Phi) is 25.8. The minimum Gasteiger partial charge on any atom is -0.449 e. The zero-order valence-electron chi connectivity index (χ0n) is 53.3. The molecular weight excluding hydrogens is 1230 g/mol. The Morgan fingerprint density at radius 1 is 0.322 bits per heavy atom. The number of ether oxygens (including phenoxy) is 1. The van der Waals surface area contributed by atoms with Gasteiger partial charge in [-0.1, -0.05) is 243 Å². The Hall–Kier alpha value is -4.85. The lowest BCUT2D eigenvalue weighted by molar-refractivity contribution is 0.107. The van der Waals surface area contributed by atoms with E-state index in [4.69, 9.17) is 38.6 Å². The molecule has 3 atom stereocenters. The zero-order chi connectivity index (χ0) is 62.5. The van der Waals surface area contributed by atoms with Crippen LogP contribution < -0.4 is 41.5 Å². The molecule has 0 saturated carbocycles. The molecular formula is C68H92O10Si9. The Morgan fingerprint density at radius 3 is 1.02 bits per heavy atom. The van der Waals surface area contributed by atoms with E-state index in [1.165, 1.54) is 25.9 Å². The SMILES string of the molecule is CO[Si](CCCOCCC[Si](C)(O[Si](C)(CC[Si](C)(C)O[Si](C)(c1ccccc1)c1ccccc1)O[Si](C)(O[Si](C)(C)c1ccccc1)c1ccccc1)O[Si](C)(c1ccccc1)c1ccccc1)(OC)OC.O=[Si](c1ccccc1)c1ccccc1. The van der Waals surface area contributed by atoms with Crippen LogP contribution in [-0.2, 0) is 43.1 Å². The summed E-state index contributed by atoms with van der Waals surface area (Å²) in [7, 11) is -20.1. The quantitative estimate of drug-likeness (QED) is 0.0299. The smallest absolute Gasteiger partial charge is 0.449 e. The summed E-state index contributed by atoms with van der Waals surface area (Å²) in [6.07, 6.45) is 1.51. The molecule has 0 heterocycles. The van der Waals surface area contributed by atoms with Crippen molar-refractivity contribution in [2.24, 2.45) is 0 Å². The van der Waals surface area contributed by atoms with Crippen molar-refractivity contribution < 1.29 is 43.1 Å². The molecule has 0 radical (unpaired) electrons. The van der Waals surface area contributed by atoms with E-state index in [0.717, 1.165) is 34.4 Å². The van der Waals surface area contributed by atoms with Gasteiger partial charge in [-0.05, 0) is 121 Å². The summed E-state index contributed by atoms with van der Waals surface area (Å²) in [6, 6.07) is 86.7. The van der Waals surface area contributed by atoms with Crippen LogP contribution in [0.1, 0.15) is 12.8 Å². The Labute approximate surface area is 530 Å². The van der Waals surface area contributed by atoms with Crippen LogP contribution in [0.3, 0.4) is 0 Å². The largest absolute Gasteiger partial charge is 0.500 e. The summed E-state index contributed by atoms with van der Waals surface area (Å²) >= 11 is 0. The minimum absolute atomic E-state index is 0.553. The summed E-state index contributed by atoms with van der Waals surface area (Å²) < 4.78 is 75.1. The van der Waals surface area contributed by atoms with Gasteiger partial charge in [-0.3, -0.25) is 0 Å². The van der Waals surface area contributed by atoms with Gasteiger partial charge in [-0.2, -0.15) is 0 Å². The van der Waals surface area contributed by atoms with Crippen molar-refractivity contribution in [2.75, 3.05) is 34.5 Å². The van der Waals surface area contributed by atoms with Crippen LogP contribution in [0.4, 0.5) is 0 Å². The van der Waals surface area contributed by atoms with E-state index in [1.54, 1.807) is 21.3 Å². The lowest BCUT2D eigenvalue weighted by Gasteiger charge is -2.47. The highest BCUT2D eigenvalue weighted by atomic mass is 28.5. The Morgan fingerprint density at radius 2 is 0.644 bits per heavy atom. The molecule has 8 rings (SSSR count). The van der Waals surface area contributed by atoms with Crippen molar-refractivity contribution in [3.05, 3.63) is 243 Å². The first-order valence-electron chi connectivity index (χ1n) is 30.4. The van der Waals surface area contributed by atoms with Gasteiger partial charge in [0.25, 0.3) is 0 Å². The summed E-state index contributed by atoms with van der Waals surface area (Å²) in [5.74, 6) is 0. The van der Waals surface area contributed by atoms with E-state index in [0.29, 0.717) is 31.3 Å². The summed E-state index contributed by atoms with van der Waals surface area (Å²) in [6.45, 7) is 22.0. The topological polar surface area (TPSA) is 100 Å². The number of rotatable bonds is 32. The van der Waals surface area contributed by atoms with Crippen LogP contribution in [0, 0.1) is 0 Å². The van der Waals surface area contributed by atoms with E-state index in [2.05, 4.69) is 241 Å². The van der Waals surface area contributed by atoms with Crippen LogP contribution in [0.15, 0.2) is 243 Å². The summed E-state index contributed by atoms with van der Waals surface area (Å²) in [4.78, 5) is 0. The third-order valence-corrected chi connectivity index (χ3v) is 51.4. The second-order valence-electron chi connectivity index (χ2n) is 23.9. The van der Waals surface area contributed by atoms with Gasteiger partial charge < -0.3 is 43.1 Å². The van der Waals surface area contributed by atoms with Gasteiger partial charge in [0.05, 0.1) is 0 Å². The lowest BCUT2D eigenvalue weighted by Crippen LogP contribution is -2.69. The van der Waals surface area contributed by atoms with Gasteiger partial charge in [0.1, 0.15) is 0 Å². The van der Waals surface area contributed by atoms with Crippen LogP contribution in [0.25, 0.3) is 0 Å². The molecule has 0 aromatic heterocycles. The van der Waals surface area contributed by atoms with Gasteiger partial charge in [-0.25, -0.2) is 0 Å². The molecule has 0 aliphatic rings. The molecule has 19 heteroatoms. The molecule has 0 spiro atoms. The molecule has 0 aliphatic heterocycles. The van der Waals surface area contributed by atoms with E-state index in [-0.39, 0.29) is 0 Å². The van der Waals surface area contributed by atoms with Crippen LogP contribution in [0.2, 0.25) is 83.1 Å². The number of benzene rings is 8. The third-order valence-electron chi connectivity index (χ3n) is 16.1. The average molecular weight is 1320 g/mol. The van der Waals surface area contributed by atoms with Crippen molar-refractivity contribution in [1.82, 2.24) is 0 Å². The van der Waals surface area contributed by atoms with Crippen molar-refractivity contribution >= 4 is 118 Å². The first-order chi connectivity index (χ1) is 41.6. The number of hydrogen-bond donors (Lipinski definition) is 0. The third kappa shape index (κ3) is 19.6. The second-order valence-corrected chi connectivity index (χ2v) is 55.0. The highest BCUT2D eigenvalue weighted by Gasteiger charge is 2.54. The Balaban J connectivity index is 0.000000672. The molecule has 0 saturated heterocycles. The molecule has 460 valence electrons. The van der Waals surface area contributed by atoms with Gasteiger partial charge >= 0.3 is 43.2 Å². The van der Waals surface area contributed by atoms with Crippen molar-refractivity contribution in [2.45, 2.75) is 95.9 Å². The predicted molar refractivity (Wildman–Crippen MR) is 380 cm³/mol. The van der Waals surface area contributed by atoms with Gasteiger partial charge in [0, 0.05) is 51.0 Å². The van der Waals surface area contributed by atoms with E-state index in [1.807, 2.05) is 60.7 Å². The van der Waals surface area contributed by atoms with Crippen LogP contribution >= 0.6 is 0 Å². The fraction of sp³-hybridized carbons (Fsp3) is 0.294. The zero-order valence-corrected chi connectivity index (χ0v) is 62.3.